The number of hydrogen-bond acceptors (Lipinski definition) is 15. The summed E-state index contributed by atoms with van der Waals surface area (Å²) in [4.78, 5) is 72.2. The van der Waals surface area contributed by atoms with Crippen LogP contribution in [0.5, 0.6) is 0 Å². The maximum absolute atomic E-state index is 12.5. The maximum atomic E-state index is 12.5. The quantitative estimate of drug-likeness (QED) is 0.0589. The summed E-state index contributed by atoms with van der Waals surface area (Å²) in [7, 11) is -16.9. The van der Waals surface area contributed by atoms with Gasteiger partial charge in [0.2, 0.25) is 5.95 Å². The molecule has 0 bridgehead atoms. The minimum atomic E-state index is -5.75. The van der Waals surface area contributed by atoms with Crippen molar-refractivity contribution in [2.24, 2.45) is 0 Å². The van der Waals surface area contributed by atoms with Gasteiger partial charge in [-0.15, -0.1) is 0 Å². The summed E-state index contributed by atoms with van der Waals surface area (Å²) in [6.07, 6.45) is 10.2. The number of aromatic amines is 1. The van der Waals surface area contributed by atoms with E-state index in [-0.39, 0.29) is 35.6 Å². The lowest BCUT2D eigenvalue weighted by atomic mass is 10.0. The van der Waals surface area contributed by atoms with Crippen molar-refractivity contribution < 1.29 is 65.4 Å². The van der Waals surface area contributed by atoms with Crippen molar-refractivity contribution in [3.05, 3.63) is 28.8 Å². The third-order valence-electron chi connectivity index (χ3n) is 6.97. The van der Waals surface area contributed by atoms with E-state index < -0.39 is 69.2 Å². The summed E-state index contributed by atoms with van der Waals surface area (Å²) in [5.41, 5.74) is 5.13. The molecule has 6 atom stereocenters. The molecule has 2 aromatic rings. The van der Waals surface area contributed by atoms with Crippen molar-refractivity contribution in [3.8, 4) is 0 Å². The molecule has 0 radical (unpaired) electrons. The van der Waals surface area contributed by atoms with Crippen LogP contribution in [0.25, 0.3) is 11.2 Å². The molecule has 1 aliphatic heterocycles. The van der Waals surface area contributed by atoms with Crippen LogP contribution in [0.15, 0.2) is 23.3 Å². The molecular weight excluding hydrogens is 757 g/mol. The highest BCUT2D eigenvalue weighted by atomic mass is 33.2. The molecule has 4 rings (SSSR count). The molecule has 2 aliphatic rings. The molecule has 2 aromatic heterocycles. The number of ether oxygens (including phenoxy) is 3. The Morgan fingerprint density at radius 3 is 2.63 bits per heavy atom. The van der Waals surface area contributed by atoms with E-state index in [0.29, 0.717) is 5.88 Å². The smallest absolute Gasteiger partial charge is 0.446 e. The molecule has 278 valence electrons. The number of hydrogen-bond donors (Lipinski definition) is 7. The Bertz CT molecular complexity index is 1700. The van der Waals surface area contributed by atoms with Crippen molar-refractivity contribution in [3.63, 3.8) is 0 Å². The molecule has 0 aromatic carbocycles. The van der Waals surface area contributed by atoms with Crippen LogP contribution in [-0.4, -0.2) is 94.4 Å². The van der Waals surface area contributed by atoms with E-state index in [0.717, 1.165) is 32.1 Å². The molecule has 1 aliphatic carbocycles. The molecule has 1 fully saturated rings. The predicted molar refractivity (Wildman–Crippen MR) is 178 cm³/mol. The van der Waals surface area contributed by atoms with E-state index in [9.17, 15) is 33.1 Å². The Kier molecular flexibility index (Phi) is 13.6. The number of anilines is 1. The largest absolute Gasteiger partial charge is 0.490 e. The average Bonchev–Trinajstić information content (AvgIpc) is 3.54. The minimum Gasteiger partial charge on any atom is -0.446 e. The third kappa shape index (κ3) is 12.7. The van der Waals surface area contributed by atoms with E-state index in [1.165, 1.54) is 21.7 Å². The van der Waals surface area contributed by atoms with Crippen molar-refractivity contribution >= 4 is 66.5 Å². The molecule has 3 heterocycles. The fourth-order valence-electron chi connectivity index (χ4n) is 4.78. The SMILES string of the molecule is CS(C)(CNC(=O)OC1CC/C=C/CCC1)SCO[C@@H]1C[C@H](n2cnc3c(=O)[nH]c(N)nc32)OC1COP(=O)(O)OP(=O)(O)OP(=O)(O)O. The summed E-state index contributed by atoms with van der Waals surface area (Å²) in [6, 6.07) is 0. The van der Waals surface area contributed by atoms with Gasteiger partial charge in [0.15, 0.2) is 11.2 Å². The van der Waals surface area contributed by atoms with Crippen molar-refractivity contribution in [1.82, 2.24) is 24.8 Å². The number of carbonyl (C=O) groups excluding carboxylic acids is 1. The number of imidazole rings is 1. The number of nitrogen functional groups attached to an aromatic ring is 1. The highest BCUT2D eigenvalue weighted by Crippen LogP contribution is 2.66. The lowest BCUT2D eigenvalue weighted by Gasteiger charge is -2.31. The Labute approximate surface area is 284 Å². The first-order valence-electron chi connectivity index (χ1n) is 14.5. The van der Waals surface area contributed by atoms with Crippen LogP contribution in [0.2, 0.25) is 0 Å². The molecule has 8 N–H and O–H groups in total. The van der Waals surface area contributed by atoms with Gasteiger partial charge in [0.25, 0.3) is 5.56 Å². The maximum Gasteiger partial charge on any atom is 0.490 e. The Morgan fingerprint density at radius 1 is 1.16 bits per heavy atom. The first-order valence-corrected chi connectivity index (χ1v) is 23.2. The first-order chi connectivity index (χ1) is 22.8. The number of nitrogens with one attached hydrogen (secondary N) is 2. The van der Waals surface area contributed by atoms with Gasteiger partial charge in [0.05, 0.1) is 24.9 Å². The third-order valence-corrected chi connectivity index (χ3v) is 15.0. The topological polar surface area (TPSA) is 306 Å². The van der Waals surface area contributed by atoms with Gasteiger partial charge in [-0.3, -0.25) is 18.9 Å². The summed E-state index contributed by atoms with van der Waals surface area (Å²) in [6.45, 7) is -0.779. The van der Waals surface area contributed by atoms with E-state index >= 15 is 0 Å². The molecule has 49 heavy (non-hydrogen) atoms. The van der Waals surface area contributed by atoms with Gasteiger partial charge < -0.3 is 44.8 Å². The number of allylic oxidation sites excluding steroid dienone is 2. The normalized spacial score (nSPS) is 25.5. The van der Waals surface area contributed by atoms with Crippen molar-refractivity contribution in [1.29, 1.82) is 0 Å². The lowest BCUT2D eigenvalue weighted by Crippen LogP contribution is -2.31. The number of H-pyrrole nitrogens is 1. The molecule has 4 unspecified atom stereocenters. The number of amides is 1. The molecule has 0 spiro atoms. The van der Waals surface area contributed by atoms with Crippen LogP contribution in [0.1, 0.15) is 44.8 Å². The van der Waals surface area contributed by atoms with Gasteiger partial charge in [-0.2, -0.15) is 22.7 Å². The zero-order valence-electron chi connectivity index (χ0n) is 26.3. The number of phosphoric ester groups is 1. The van der Waals surface area contributed by atoms with Gasteiger partial charge in [0.1, 0.15) is 24.4 Å². The van der Waals surface area contributed by atoms with Crippen LogP contribution < -0.4 is 16.6 Å². The van der Waals surface area contributed by atoms with Crippen LogP contribution in [0.3, 0.4) is 0 Å². The highest BCUT2D eigenvalue weighted by molar-refractivity contribution is 8.93. The first kappa shape index (κ1) is 40.0. The van der Waals surface area contributed by atoms with Crippen molar-refractivity contribution in [2.45, 2.75) is 63.1 Å². The molecular formula is C23H39N6O15P3S2. The second-order valence-electron chi connectivity index (χ2n) is 11.2. The number of nitrogens with zero attached hydrogens (tertiary/aromatic N) is 3. The van der Waals surface area contributed by atoms with Crippen LogP contribution in [-0.2, 0) is 41.1 Å². The number of rotatable bonds is 15. The molecule has 26 heteroatoms. The standard InChI is InChI=1S/C23H39N6O15P3S2/c1-49(2,13-26-23(31)41-15-8-6-4-3-5-7-9-15)48-14-39-16-10-18(29-12-25-19-20(29)27-22(24)28-21(19)30)42-17(16)11-40-46(35,36)44-47(37,38)43-45(32,33)34/h3-4,12,15-18H,5-11,13-14H2,1-2H3,(H,26,31)(H,35,36)(H,37,38)(H2,32,33,34)(H3,24,27,28,30)/b4-3+/t15?,16-,17?,18-/m1/s1. The average molecular weight is 797 g/mol. The molecule has 1 amide bonds. The Balaban J connectivity index is 1.38. The van der Waals surface area contributed by atoms with Crippen LogP contribution in [0.4, 0.5) is 10.7 Å². The van der Waals surface area contributed by atoms with E-state index in [4.69, 9.17) is 34.3 Å². The number of carbonyl (C=O) groups is 1. The zero-order chi connectivity index (χ0) is 36.0. The molecule has 21 nitrogen and oxygen atoms in total. The number of alkyl carbamates (subject to hydrolysis) is 1. The summed E-state index contributed by atoms with van der Waals surface area (Å²) in [5.74, 6) is 0.194. The van der Waals surface area contributed by atoms with Crippen LogP contribution in [0, 0.1) is 0 Å². The molecule has 0 saturated carbocycles. The van der Waals surface area contributed by atoms with E-state index in [1.54, 1.807) is 0 Å². The van der Waals surface area contributed by atoms with Gasteiger partial charge in [-0.25, -0.2) is 23.5 Å². The van der Waals surface area contributed by atoms with E-state index in [2.05, 4.69) is 41.0 Å². The monoisotopic (exact) mass is 796 g/mol. The molecule has 1 saturated heterocycles. The lowest BCUT2D eigenvalue weighted by molar-refractivity contribution is -0.0522. The fraction of sp³-hybridized carbons (Fsp3) is 0.652. The van der Waals surface area contributed by atoms with Gasteiger partial charge in [-0.1, -0.05) is 22.9 Å². The summed E-state index contributed by atoms with van der Waals surface area (Å²) < 4.78 is 66.5. The van der Waals surface area contributed by atoms with Gasteiger partial charge in [-0.05, 0) is 44.6 Å². The Hall–Kier alpha value is -1.81. The number of fused-ring (bicyclic) bond motifs is 1. The van der Waals surface area contributed by atoms with Crippen molar-refractivity contribution in [2.75, 3.05) is 36.7 Å². The zero-order valence-corrected chi connectivity index (χ0v) is 30.6. The Morgan fingerprint density at radius 2 is 1.90 bits per heavy atom. The summed E-state index contributed by atoms with van der Waals surface area (Å²) >= 11 is 0. The van der Waals surface area contributed by atoms with Gasteiger partial charge in [0, 0.05) is 6.42 Å². The number of nitrogens with two attached hydrogens (primary N) is 1. The number of phosphoric acid groups is 3. The van der Waals surface area contributed by atoms with E-state index in [1.807, 2.05) is 12.5 Å². The summed E-state index contributed by atoms with van der Waals surface area (Å²) in [5, 5.41) is 2.82. The highest BCUT2D eigenvalue weighted by Gasteiger charge is 2.44. The second-order valence-corrected chi connectivity index (χ2v) is 22.7. The second kappa shape index (κ2) is 16.7. The predicted octanol–water partition coefficient (Wildman–Crippen LogP) is 2.96. The van der Waals surface area contributed by atoms with Crippen LogP contribution >= 0.6 is 43.3 Å². The number of aromatic nitrogens is 4. The fourth-order valence-corrected chi connectivity index (χ4v) is 10.2. The minimum absolute atomic E-state index is 0.0368. The van der Waals surface area contributed by atoms with Gasteiger partial charge >= 0.3 is 29.6 Å².